The summed E-state index contributed by atoms with van der Waals surface area (Å²) < 4.78 is 67.7. The maximum atomic E-state index is 13.8. The molecule has 31 heavy (non-hydrogen) atoms. The zero-order chi connectivity index (χ0) is 22.8. The number of rotatable bonds is 4. The van der Waals surface area contributed by atoms with E-state index in [1.54, 1.807) is 6.07 Å². The largest absolute Gasteiger partial charge is 0.356 e. The average molecular weight is 459 g/mol. The third-order valence-corrected chi connectivity index (χ3v) is 5.10. The Morgan fingerprint density at radius 1 is 1.26 bits per heavy atom. The minimum absolute atomic E-state index is 0.0744. The number of nitrogens with zero attached hydrogens (tertiary/aromatic N) is 3. The molecule has 1 saturated heterocycles. The highest BCUT2D eigenvalue weighted by atomic mass is 35.5. The molecule has 1 N–H and O–H groups in total. The third kappa shape index (κ3) is 5.22. The molecule has 1 aliphatic heterocycles. The molecule has 2 aromatic rings. The lowest BCUT2D eigenvalue weighted by Crippen LogP contribution is -2.30. The molecule has 0 bridgehead atoms. The van der Waals surface area contributed by atoms with E-state index < -0.39 is 41.2 Å². The summed E-state index contributed by atoms with van der Waals surface area (Å²) in [5, 5.41) is 10.9. The van der Waals surface area contributed by atoms with Gasteiger partial charge >= 0.3 is 0 Å². The second kappa shape index (κ2) is 9.06. The first-order valence-corrected chi connectivity index (χ1v) is 9.61. The molecule has 164 valence electrons. The van der Waals surface area contributed by atoms with Crippen LogP contribution in [0.5, 0.6) is 0 Å². The molecule has 3 rings (SSSR count). The number of hydrogen-bond donors (Lipinski definition) is 1. The van der Waals surface area contributed by atoms with Crippen LogP contribution >= 0.6 is 11.6 Å². The highest BCUT2D eigenvalue weighted by Crippen LogP contribution is 2.34. The quantitative estimate of drug-likeness (QED) is 0.609. The van der Waals surface area contributed by atoms with Gasteiger partial charge in [0.1, 0.15) is 23.4 Å². The number of pyridine rings is 1. The summed E-state index contributed by atoms with van der Waals surface area (Å²) in [6.45, 7) is -0.109. The Balaban J connectivity index is 1.99. The average Bonchev–Trinajstić information content (AvgIpc) is 2.89. The lowest BCUT2D eigenvalue weighted by atomic mass is 10.1. The van der Waals surface area contributed by atoms with Crippen LogP contribution in [-0.2, 0) is 0 Å². The van der Waals surface area contributed by atoms with Crippen LogP contribution in [0.1, 0.15) is 47.3 Å². The van der Waals surface area contributed by atoms with E-state index >= 15 is 0 Å². The van der Waals surface area contributed by atoms with Gasteiger partial charge in [-0.25, -0.2) is 26.9 Å². The van der Waals surface area contributed by atoms with E-state index in [9.17, 15) is 26.7 Å². The first kappa shape index (κ1) is 22.7. The van der Waals surface area contributed by atoms with E-state index in [4.69, 9.17) is 16.9 Å². The Kier molecular flexibility index (Phi) is 6.65. The molecule has 0 spiro atoms. The van der Waals surface area contributed by atoms with Gasteiger partial charge in [-0.1, -0.05) is 11.6 Å². The van der Waals surface area contributed by atoms with Crippen molar-refractivity contribution in [3.8, 4) is 6.07 Å². The van der Waals surface area contributed by atoms with Crippen LogP contribution in [0.4, 0.5) is 33.5 Å². The number of carbonyl (C=O) groups is 1. The zero-order valence-electron chi connectivity index (χ0n) is 15.9. The zero-order valence-corrected chi connectivity index (χ0v) is 16.7. The summed E-state index contributed by atoms with van der Waals surface area (Å²) in [5.41, 5.74) is -1.21. The van der Waals surface area contributed by atoms with Gasteiger partial charge in [0.2, 0.25) is 5.92 Å². The number of amides is 1. The molecule has 5 nitrogen and oxygen atoms in total. The van der Waals surface area contributed by atoms with Crippen LogP contribution in [0.15, 0.2) is 24.3 Å². The maximum Gasteiger partial charge on any atom is 0.281 e. The van der Waals surface area contributed by atoms with E-state index in [1.807, 2.05) is 0 Å². The molecule has 1 fully saturated rings. The molecule has 1 aromatic carbocycles. The summed E-state index contributed by atoms with van der Waals surface area (Å²) in [6.07, 6.45) is -3.85. The highest BCUT2D eigenvalue weighted by molar-refractivity contribution is 6.32. The van der Waals surface area contributed by atoms with Crippen molar-refractivity contribution in [3.63, 3.8) is 0 Å². The fraction of sp³-hybridized carbons (Fsp3) is 0.350. The van der Waals surface area contributed by atoms with Crippen molar-refractivity contribution in [2.75, 3.05) is 23.3 Å². The summed E-state index contributed by atoms with van der Waals surface area (Å²) in [4.78, 5) is 18.0. The number of benzene rings is 1. The van der Waals surface area contributed by atoms with Gasteiger partial charge in [-0.3, -0.25) is 4.79 Å². The second-order valence-corrected chi connectivity index (χ2v) is 7.39. The van der Waals surface area contributed by atoms with E-state index in [0.717, 1.165) is 18.2 Å². The van der Waals surface area contributed by atoms with Gasteiger partial charge in [-0.2, -0.15) is 5.26 Å². The smallest absolute Gasteiger partial charge is 0.281 e. The second-order valence-electron chi connectivity index (χ2n) is 6.98. The Hall–Kier alpha value is -2.93. The van der Waals surface area contributed by atoms with Gasteiger partial charge in [0.15, 0.2) is 0 Å². The third-order valence-electron chi connectivity index (χ3n) is 4.80. The molecular weight excluding hydrogens is 443 g/mol. The minimum atomic E-state index is -3.04. The van der Waals surface area contributed by atoms with Crippen LogP contribution < -0.4 is 10.2 Å². The van der Waals surface area contributed by atoms with Crippen LogP contribution in [0.3, 0.4) is 0 Å². The van der Waals surface area contributed by atoms with E-state index in [1.165, 1.54) is 11.0 Å². The van der Waals surface area contributed by atoms with Crippen molar-refractivity contribution < 1.29 is 26.7 Å². The molecule has 1 aliphatic rings. The topological polar surface area (TPSA) is 69.0 Å². The molecule has 2 heterocycles. The first-order chi connectivity index (χ1) is 14.6. The number of anilines is 2. The minimum Gasteiger partial charge on any atom is -0.356 e. The van der Waals surface area contributed by atoms with Gasteiger partial charge in [-0.15, -0.1) is 0 Å². The number of nitrogens with one attached hydrogen (secondary N) is 1. The van der Waals surface area contributed by atoms with Crippen molar-refractivity contribution in [2.24, 2.45) is 0 Å². The van der Waals surface area contributed by atoms with Crippen molar-refractivity contribution in [3.05, 3.63) is 51.9 Å². The van der Waals surface area contributed by atoms with Gasteiger partial charge < -0.3 is 10.2 Å². The molecular formula is C20H16ClF5N4O. The number of carbonyl (C=O) groups excluding carboxylic acids is 1. The summed E-state index contributed by atoms with van der Waals surface area (Å²) >= 11 is 5.87. The van der Waals surface area contributed by atoms with Crippen molar-refractivity contribution >= 4 is 29.0 Å². The molecule has 1 amide bonds. The van der Waals surface area contributed by atoms with E-state index in [0.29, 0.717) is 0 Å². The fourth-order valence-corrected chi connectivity index (χ4v) is 3.45. The lowest BCUT2D eigenvalue weighted by molar-refractivity contribution is -0.0102. The normalized spacial score (nSPS) is 16.0. The molecule has 0 atom stereocenters. The molecule has 0 radical (unpaired) electrons. The number of alkyl halides is 4. The van der Waals surface area contributed by atoms with Gasteiger partial charge in [0.25, 0.3) is 12.3 Å². The van der Waals surface area contributed by atoms with Gasteiger partial charge in [-0.05, 0) is 30.7 Å². The van der Waals surface area contributed by atoms with Crippen molar-refractivity contribution in [2.45, 2.75) is 31.6 Å². The Morgan fingerprint density at radius 2 is 2.00 bits per heavy atom. The van der Waals surface area contributed by atoms with E-state index in [-0.39, 0.29) is 48.6 Å². The number of nitriles is 1. The molecule has 0 unspecified atom stereocenters. The van der Waals surface area contributed by atoms with Crippen LogP contribution in [-0.4, -0.2) is 29.9 Å². The molecule has 0 aliphatic carbocycles. The lowest BCUT2D eigenvalue weighted by Gasteiger charge is -2.25. The summed E-state index contributed by atoms with van der Waals surface area (Å²) in [6, 6.07) is 5.93. The number of aromatic nitrogens is 1. The summed E-state index contributed by atoms with van der Waals surface area (Å²) in [7, 11) is 0. The van der Waals surface area contributed by atoms with E-state index in [2.05, 4.69) is 10.3 Å². The molecule has 0 saturated carbocycles. The van der Waals surface area contributed by atoms with Gasteiger partial charge in [0.05, 0.1) is 16.1 Å². The van der Waals surface area contributed by atoms with Crippen molar-refractivity contribution in [1.82, 2.24) is 4.98 Å². The number of halogens is 6. The van der Waals surface area contributed by atoms with Crippen LogP contribution in [0.2, 0.25) is 5.02 Å². The Bertz CT molecular complexity index is 1040. The highest BCUT2D eigenvalue weighted by Gasteiger charge is 2.34. The monoisotopic (exact) mass is 458 g/mol. The van der Waals surface area contributed by atoms with Crippen LogP contribution in [0.25, 0.3) is 0 Å². The summed E-state index contributed by atoms with van der Waals surface area (Å²) in [5.74, 6) is -4.70. The fourth-order valence-electron chi connectivity index (χ4n) is 3.22. The number of hydrogen-bond acceptors (Lipinski definition) is 4. The standard InChI is InChI=1S/C20H16ClF5N4O/c21-14-9-13(19(31)28-12-2-3-15(22)11(8-12)10-27)18(29-16(14)17(23)24)30-6-1-4-20(25,26)5-7-30/h2-3,8-9,17H,1,4-7H2,(H,28,31). The molecule has 1 aromatic heterocycles. The van der Waals surface area contributed by atoms with Crippen LogP contribution in [0, 0.1) is 17.1 Å². The first-order valence-electron chi connectivity index (χ1n) is 9.23. The van der Waals surface area contributed by atoms with Crippen molar-refractivity contribution in [1.29, 1.82) is 5.26 Å². The molecule has 11 heteroatoms. The Labute approximate surface area is 179 Å². The Morgan fingerprint density at radius 3 is 2.68 bits per heavy atom. The predicted octanol–water partition coefficient (Wildman–Crippen LogP) is 5.56. The van der Waals surface area contributed by atoms with Gasteiger partial charge in [0, 0.05) is 31.6 Å². The maximum absolute atomic E-state index is 13.8. The SMILES string of the molecule is N#Cc1cc(NC(=O)c2cc(Cl)c(C(F)F)nc2N2CCCC(F)(F)CC2)ccc1F. The predicted molar refractivity (Wildman–Crippen MR) is 104 cm³/mol.